The second-order valence-electron chi connectivity index (χ2n) is 6.90. The Kier molecular flexibility index (Phi) is 3.81. The van der Waals surface area contributed by atoms with E-state index in [1.54, 1.807) is 4.90 Å². The van der Waals surface area contributed by atoms with Gasteiger partial charge in [-0.3, -0.25) is 5.10 Å². The van der Waals surface area contributed by atoms with Crippen LogP contribution in [0.4, 0.5) is 4.79 Å². The first-order valence-electron chi connectivity index (χ1n) is 7.85. The zero-order valence-electron chi connectivity index (χ0n) is 13.4. The van der Waals surface area contributed by atoms with Crippen molar-refractivity contribution in [3.8, 4) is 0 Å². The second-order valence-corrected chi connectivity index (χ2v) is 6.90. The van der Waals surface area contributed by atoms with Gasteiger partial charge in [-0.25, -0.2) is 4.79 Å². The van der Waals surface area contributed by atoms with E-state index < -0.39 is 5.60 Å². The van der Waals surface area contributed by atoms with Crippen molar-refractivity contribution in [1.29, 1.82) is 0 Å². The van der Waals surface area contributed by atoms with Crippen molar-refractivity contribution in [3.63, 3.8) is 0 Å². The van der Waals surface area contributed by atoms with E-state index >= 15 is 0 Å². The van der Waals surface area contributed by atoms with Gasteiger partial charge in [0.25, 0.3) is 0 Å². The minimum absolute atomic E-state index is 0.210. The van der Waals surface area contributed by atoms with Crippen LogP contribution in [0.25, 0.3) is 10.9 Å². The molecule has 1 aliphatic heterocycles. The minimum atomic E-state index is -0.438. The Bertz CT molecular complexity index is 664. The van der Waals surface area contributed by atoms with Crippen LogP contribution in [0.2, 0.25) is 0 Å². The maximum absolute atomic E-state index is 12.1. The molecule has 1 N–H and O–H groups in total. The van der Waals surface area contributed by atoms with Crippen LogP contribution in [-0.4, -0.2) is 39.9 Å². The van der Waals surface area contributed by atoms with Crippen LogP contribution in [0, 0.1) is 0 Å². The summed E-state index contributed by atoms with van der Waals surface area (Å²) < 4.78 is 5.44. The lowest BCUT2D eigenvalue weighted by Gasteiger charge is -2.33. The van der Waals surface area contributed by atoms with Gasteiger partial charge in [-0.2, -0.15) is 5.10 Å². The number of fused-ring (bicyclic) bond motifs is 1. The molecule has 1 saturated heterocycles. The average molecular weight is 301 g/mol. The third kappa shape index (κ3) is 3.08. The van der Waals surface area contributed by atoms with E-state index in [1.165, 1.54) is 5.39 Å². The van der Waals surface area contributed by atoms with Crippen molar-refractivity contribution in [1.82, 2.24) is 15.1 Å². The summed E-state index contributed by atoms with van der Waals surface area (Å²) in [6.45, 7) is 7.13. The van der Waals surface area contributed by atoms with Gasteiger partial charge in [-0.1, -0.05) is 18.2 Å². The number of amides is 1. The predicted octanol–water partition coefficient (Wildman–Crippen LogP) is 3.68. The molecule has 0 atom stereocenters. The molecule has 0 saturated carbocycles. The molecule has 0 radical (unpaired) electrons. The summed E-state index contributed by atoms with van der Waals surface area (Å²) in [5.74, 6) is 0.398. The standard InChI is InChI=1S/C17H23N3O2/c1-17(2,3)22-16(21)20-10-8-12(9-11-20)15-13-6-4-5-7-14(13)18-19-15/h4-7,12H,8-11H2,1-3H3,(H,18,19). The molecule has 118 valence electrons. The molecule has 0 aliphatic carbocycles. The SMILES string of the molecule is CC(C)(C)OC(=O)N1CCC(c2n[nH]c3ccccc23)CC1. The number of nitrogens with zero attached hydrogens (tertiary/aromatic N) is 2. The largest absolute Gasteiger partial charge is 0.444 e. The average Bonchev–Trinajstić information content (AvgIpc) is 2.89. The molecule has 22 heavy (non-hydrogen) atoms. The Balaban J connectivity index is 1.66. The molecular formula is C17H23N3O2. The van der Waals surface area contributed by atoms with Crippen molar-refractivity contribution in [2.75, 3.05) is 13.1 Å². The Morgan fingerprint density at radius 3 is 2.64 bits per heavy atom. The number of benzene rings is 1. The van der Waals surface area contributed by atoms with E-state index in [2.05, 4.69) is 16.3 Å². The Morgan fingerprint density at radius 1 is 1.27 bits per heavy atom. The number of para-hydroxylation sites is 1. The zero-order chi connectivity index (χ0) is 15.7. The van der Waals surface area contributed by atoms with Gasteiger partial charge in [-0.15, -0.1) is 0 Å². The first kappa shape index (κ1) is 14.9. The molecule has 1 aromatic carbocycles. The number of hydrogen-bond donors (Lipinski definition) is 1. The van der Waals surface area contributed by atoms with Crippen molar-refractivity contribution in [2.24, 2.45) is 0 Å². The minimum Gasteiger partial charge on any atom is -0.444 e. The number of ether oxygens (including phenoxy) is 1. The number of piperidine rings is 1. The van der Waals surface area contributed by atoms with Crippen molar-refractivity contribution in [3.05, 3.63) is 30.0 Å². The Labute approximate surface area is 130 Å². The van der Waals surface area contributed by atoms with E-state index in [0.29, 0.717) is 5.92 Å². The van der Waals surface area contributed by atoms with E-state index in [9.17, 15) is 4.79 Å². The Morgan fingerprint density at radius 2 is 1.95 bits per heavy atom. The molecule has 5 nitrogen and oxygen atoms in total. The number of rotatable bonds is 1. The summed E-state index contributed by atoms with van der Waals surface area (Å²) >= 11 is 0. The number of carbonyl (C=O) groups excluding carboxylic acids is 1. The summed E-state index contributed by atoms with van der Waals surface area (Å²) in [4.78, 5) is 13.9. The van der Waals surface area contributed by atoms with Crippen LogP contribution in [0.5, 0.6) is 0 Å². The maximum atomic E-state index is 12.1. The van der Waals surface area contributed by atoms with E-state index in [-0.39, 0.29) is 6.09 Å². The fourth-order valence-electron chi connectivity index (χ4n) is 2.96. The van der Waals surface area contributed by atoms with Gasteiger partial charge < -0.3 is 9.64 Å². The quantitative estimate of drug-likeness (QED) is 0.874. The molecule has 1 aromatic heterocycles. The third-order valence-corrected chi connectivity index (χ3v) is 4.03. The summed E-state index contributed by atoms with van der Waals surface area (Å²) in [5, 5.41) is 8.78. The van der Waals surface area contributed by atoms with Crippen LogP contribution in [0.1, 0.15) is 45.2 Å². The second kappa shape index (κ2) is 5.63. The van der Waals surface area contributed by atoms with Crippen molar-refractivity contribution in [2.45, 2.75) is 45.1 Å². The van der Waals surface area contributed by atoms with Crippen LogP contribution in [0.15, 0.2) is 24.3 Å². The van der Waals surface area contributed by atoms with Gasteiger partial charge >= 0.3 is 6.09 Å². The summed E-state index contributed by atoms with van der Waals surface area (Å²) in [5.41, 5.74) is 1.76. The lowest BCUT2D eigenvalue weighted by Crippen LogP contribution is -2.41. The van der Waals surface area contributed by atoms with Gasteiger partial charge in [0, 0.05) is 24.4 Å². The molecule has 1 fully saturated rings. The topological polar surface area (TPSA) is 58.2 Å². The van der Waals surface area contributed by atoms with E-state index in [0.717, 1.165) is 37.1 Å². The van der Waals surface area contributed by atoms with Crippen molar-refractivity contribution < 1.29 is 9.53 Å². The predicted molar refractivity (Wildman–Crippen MR) is 85.9 cm³/mol. The number of nitrogens with one attached hydrogen (secondary N) is 1. The smallest absolute Gasteiger partial charge is 0.410 e. The maximum Gasteiger partial charge on any atom is 0.410 e. The Hall–Kier alpha value is -2.04. The first-order chi connectivity index (χ1) is 10.4. The number of aromatic amines is 1. The molecule has 2 aromatic rings. The number of H-pyrrole nitrogens is 1. The normalized spacial score (nSPS) is 17.0. The van der Waals surface area contributed by atoms with Gasteiger partial charge in [-0.05, 0) is 39.7 Å². The molecule has 3 rings (SSSR count). The number of aromatic nitrogens is 2. The zero-order valence-corrected chi connectivity index (χ0v) is 13.4. The highest BCUT2D eigenvalue weighted by Crippen LogP contribution is 2.31. The molecule has 0 spiro atoms. The van der Waals surface area contributed by atoms with Crippen LogP contribution in [0.3, 0.4) is 0 Å². The summed E-state index contributed by atoms with van der Waals surface area (Å²) in [6.07, 6.45) is 1.64. The lowest BCUT2D eigenvalue weighted by molar-refractivity contribution is 0.0204. The highest BCUT2D eigenvalue weighted by Gasteiger charge is 2.29. The number of likely N-dealkylation sites (tertiary alicyclic amines) is 1. The lowest BCUT2D eigenvalue weighted by atomic mass is 9.92. The number of carbonyl (C=O) groups is 1. The van der Waals surface area contributed by atoms with Gasteiger partial charge in [0.05, 0.1) is 11.2 Å². The molecular weight excluding hydrogens is 278 g/mol. The molecule has 2 heterocycles. The molecule has 1 aliphatic rings. The van der Waals surface area contributed by atoms with Gasteiger partial charge in [0.1, 0.15) is 5.60 Å². The van der Waals surface area contributed by atoms with Gasteiger partial charge in [0.15, 0.2) is 0 Å². The van der Waals surface area contributed by atoms with Crippen molar-refractivity contribution >= 4 is 17.0 Å². The third-order valence-electron chi connectivity index (χ3n) is 4.03. The highest BCUT2D eigenvalue weighted by molar-refractivity contribution is 5.81. The fraction of sp³-hybridized carbons (Fsp3) is 0.529. The molecule has 5 heteroatoms. The first-order valence-corrected chi connectivity index (χ1v) is 7.85. The molecule has 1 amide bonds. The molecule has 0 bridgehead atoms. The van der Waals surface area contributed by atoms with E-state index in [4.69, 9.17) is 4.74 Å². The highest BCUT2D eigenvalue weighted by atomic mass is 16.6. The summed E-state index contributed by atoms with van der Waals surface area (Å²) in [7, 11) is 0. The number of hydrogen-bond acceptors (Lipinski definition) is 3. The fourth-order valence-corrected chi connectivity index (χ4v) is 2.96. The van der Waals surface area contributed by atoms with E-state index in [1.807, 2.05) is 39.0 Å². The van der Waals surface area contributed by atoms with Crippen LogP contribution in [-0.2, 0) is 4.74 Å². The van der Waals surface area contributed by atoms with Crippen LogP contribution < -0.4 is 0 Å². The van der Waals surface area contributed by atoms with Gasteiger partial charge in [0.2, 0.25) is 0 Å². The molecule has 0 unspecified atom stereocenters. The van der Waals surface area contributed by atoms with Crippen LogP contribution >= 0.6 is 0 Å². The monoisotopic (exact) mass is 301 g/mol. The summed E-state index contributed by atoms with van der Waals surface area (Å²) in [6, 6.07) is 8.20.